The second kappa shape index (κ2) is 5.75. The van der Waals surface area contributed by atoms with Gasteiger partial charge in [-0.1, -0.05) is 25.0 Å². The Kier molecular flexibility index (Phi) is 4.05. The van der Waals surface area contributed by atoms with Gasteiger partial charge >= 0.3 is 0 Å². The molecule has 2 N–H and O–H groups in total. The van der Waals surface area contributed by atoms with Gasteiger partial charge in [0, 0.05) is 6.61 Å². The minimum absolute atomic E-state index is 0.392. The molecule has 0 aromatic carbocycles. The molecule has 2 saturated carbocycles. The molecule has 5 atom stereocenters. The van der Waals surface area contributed by atoms with Crippen LogP contribution in [0.4, 0.5) is 0 Å². The summed E-state index contributed by atoms with van der Waals surface area (Å²) >= 11 is 0. The standard InChI is InChI=1S/C16H27NO/c18-11-15-4-2-1-3-14(15)9-17-10-16-8-12-5-6-13(16)7-12/h5-6,12-18H,1-4,7-11H2. The quantitative estimate of drug-likeness (QED) is 0.734. The van der Waals surface area contributed by atoms with Gasteiger partial charge in [0.25, 0.3) is 0 Å². The Morgan fingerprint density at radius 2 is 1.72 bits per heavy atom. The number of rotatable bonds is 5. The molecule has 0 radical (unpaired) electrons. The third-order valence-electron chi connectivity index (χ3n) is 5.53. The van der Waals surface area contributed by atoms with Gasteiger partial charge in [-0.25, -0.2) is 0 Å². The van der Waals surface area contributed by atoms with Crippen LogP contribution in [-0.2, 0) is 0 Å². The van der Waals surface area contributed by atoms with Gasteiger partial charge in [-0.2, -0.15) is 0 Å². The molecule has 0 aromatic heterocycles. The fourth-order valence-corrected chi connectivity index (χ4v) is 4.38. The van der Waals surface area contributed by atoms with E-state index in [2.05, 4.69) is 17.5 Å². The van der Waals surface area contributed by atoms with Crippen molar-refractivity contribution in [3.05, 3.63) is 12.2 Å². The van der Waals surface area contributed by atoms with Gasteiger partial charge in [-0.15, -0.1) is 0 Å². The van der Waals surface area contributed by atoms with E-state index in [1.165, 1.54) is 45.1 Å². The van der Waals surface area contributed by atoms with Crippen LogP contribution in [0.25, 0.3) is 0 Å². The van der Waals surface area contributed by atoms with Crippen LogP contribution >= 0.6 is 0 Å². The molecule has 18 heavy (non-hydrogen) atoms. The molecule has 0 aliphatic heterocycles. The second-order valence-electron chi connectivity index (χ2n) is 6.69. The highest BCUT2D eigenvalue weighted by Crippen LogP contribution is 2.43. The predicted octanol–water partition coefficient (Wildman–Crippen LogP) is 2.59. The number of fused-ring (bicyclic) bond motifs is 2. The Morgan fingerprint density at radius 3 is 2.39 bits per heavy atom. The average molecular weight is 249 g/mol. The summed E-state index contributed by atoms with van der Waals surface area (Å²) in [6.45, 7) is 2.71. The molecule has 0 heterocycles. The summed E-state index contributed by atoms with van der Waals surface area (Å²) in [5.41, 5.74) is 0. The summed E-state index contributed by atoms with van der Waals surface area (Å²) in [5, 5.41) is 13.1. The van der Waals surface area contributed by atoms with Crippen LogP contribution in [0.15, 0.2) is 12.2 Å². The van der Waals surface area contributed by atoms with Crippen LogP contribution in [0.1, 0.15) is 38.5 Å². The van der Waals surface area contributed by atoms with E-state index < -0.39 is 0 Å². The van der Waals surface area contributed by atoms with Gasteiger partial charge in [0.05, 0.1) is 0 Å². The maximum absolute atomic E-state index is 9.42. The van der Waals surface area contributed by atoms with Crippen LogP contribution in [-0.4, -0.2) is 24.8 Å². The summed E-state index contributed by atoms with van der Waals surface area (Å²) in [4.78, 5) is 0. The summed E-state index contributed by atoms with van der Waals surface area (Å²) in [7, 11) is 0. The zero-order valence-electron chi connectivity index (χ0n) is 11.4. The molecule has 2 fully saturated rings. The Balaban J connectivity index is 1.40. The lowest BCUT2D eigenvalue weighted by molar-refractivity contribution is 0.132. The second-order valence-corrected chi connectivity index (χ2v) is 6.69. The van der Waals surface area contributed by atoms with Gasteiger partial charge in [-0.3, -0.25) is 0 Å². The molecule has 0 amide bonds. The van der Waals surface area contributed by atoms with E-state index in [-0.39, 0.29) is 0 Å². The molecule has 3 rings (SSSR count). The fourth-order valence-electron chi connectivity index (χ4n) is 4.38. The van der Waals surface area contributed by atoms with Crippen LogP contribution in [0.3, 0.4) is 0 Å². The van der Waals surface area contributed by atoms with Crippen molar-refractivity contribution in [3.63, 3.8) is 0 Å². The van der Waals surface area contributed by atoms with Gasteiger partial charge in [0.1, 0.15) is 0 Å². The number of allylic oxidation sites excluding steroid dienone is 2. The first-order chi connectivity index (χ1) is 8.86. The van der Waals surface area contributed by atoms with Crippen molar-refractivity contribution >= 4 is 0 Å². The fraction of sp³-hybridized carbons (Fsp3) is 0.875. The third kappa shape index (κ3) is 2.65. The number of hydrogen-bond acceptors (Lipinski definition) is 2. The summed E-state index contributed by atoms with van der Waals surface area (Å²) in [5.74, 6) is 3.92. The topological polar surface area (TPSA) is 32.3 Å². The molecule has 3 aliphatic rings. The SMILES string of the molecule is OCC1CCCCC1CNCC1CC2C=CC1C2. The molecule has 102 valence electrons. The maximum Gasteiger partial charge on any atom is 0.0462 e. The lowest BCUT2D eigenvalue weighted by Crippen LogP contribution is -2.35. The van der Waals surface area contributed by atoms with Crippen molar-refractivity contribution in [2.75, 3.05) is 19.7 Å². The van der Waals surface area contributed by atoms with Gasteiger partial charge in [0.2, 0.25) is 0 Å². The molecule has 3 aliphatic carbocycles. The lowest BCUT2D eigenvalue weighted by atomic mass is 9.79. The molecule has 2 heteroatoms. The zero-order valence-corrected chi connectivity index (χ0v) is 11.4. The molecular weight excluding hydrogens is 222 g/mol. The molecule has 0 aromatic rings. The highest BCUT2D eigenvalue weighted by Gasteiger charge is 2.35. The Labute approximate surface area is 111 Å². The van der Waals surface area contributed by atoms with E-state index in [1.54, 1.807) is 0 Å². The van der Waals surface area contributed by atoms with Crippen LogP contribution in [0, 0.1) is 29.6 Å². The van der Waals surface area contributed by atoms with Crippen LogP contribution in [0.5, 0.6) is 0 Å². The Morgan fingerprint density at radius 1 is 0.944 bits per heavy atom. The van der Waals surface area contributed by atoms with Gasteiger partial charge in [-0.05, 0) is 68.4 Å². The van der Waals surface area contributed by atoms with Crippen LogP contribution < -0.4 is 5.32 Å². The van der Waals surface area contributed by atoms with Crippen molar-refractivity contribution in [2.45, 2.75) is 38.5 Å². The monoisotopic (exact) mass is 249 g/mol. The molecule has 0 saturated heterocycles. The molecule has 0 spiro atoms. The molecule has 5 unspecified atom stereocenters. The Hall–Kier alpha value is -0.340. The van der Waals surface area contributed by atoms with E-state index in [4.69, 9.17) is 0 Å². The maximum atomic E-state index is 9.42. The highest BCUT2D eigenvalue weighted by molar-refractivity contribution is 5.10. The first kappa shape index (κ1) is 12.7. The van der Waals surface area contributed by atoms with Crippen LogP contribution in [0.2, 0.25) is 0 Å². The van der Waals surface area contributed by atoms with Crippen molar-refractivity contribution in [2.24, 2.45) is 29.6 Å². The summed E-state index contributed by atoms with van der Waals surface area (Å²) < 4.78 is 0. The van der Waals surface area contributed by atoms with E-state index in [0.717, 1.165) is 30.2 Å². The van der Waals surface area contributed by atoms with E-state index in [0.29, 0.717) is 12.5 Å². The molecule has 2 bridgehead atoms. The zero-order chi connectivity index (χ0) is 12.4. The van der Waals surface area contributed by atoms with Gasteiger partial charge < -0.3 is 10.4 Å². The van der Waals surface area contributed by atoms with Crippen molar-refractivity contribution in [1.29, 1.82) is 0 Å². The first-order valence-corrected chi connectivity index (χ1v) is 7.86. The number of aliphatic hydroxyl groups excluding tert-OH is 1. The van der Waals surface area contributed by atoms with E-state index in [1.807, 2.05) is 0 Å². The molecule has 2 nitrogen and oxygen atoms in total. The van der Waals surface area contributed by atoms with Crippen molar-refractivity contribution in [1.82, 2.24) is 5.32 Å². The lowest BCUT2D eigenvalue weighted by Gasteiger charge is -2.31. The number of aliphatic hydroxyl groups is 1. The van der Waals surface area contributed by atoms with E-state index >= 15 is 0 Å². The third-order valence-corrected chi connectivity index (χ3v) is 5.53. The van der Waals surface area contributed by atoms with Gasteiger partial charge in [0.15, 0.2) is 0 Å². The highest BCUT2D eigenvalue weighted by atomic mass is 16.3. The number of nitrogens with one attached hydrogen (secondary N) is 1. The predicted molar refractivity (Wildman–Crippen MR) is 74.2 cm³/mol. The van der Waals surface area contributed by atoms with Crippen molar-refractivity contribution in [3.8, 4) is 0 Å². The average Bonchev–Trinajstić information content (AvgIpc) is 3.02. The summed E-state index contributed by atoms with van der Waals surface area (Å²) in [6.07, 6.45) is 12.9. The Bertz CT molecular complexity index is 301. The normalized spacial score (nSPS) is 42.6. The number of hydrogen-bond donors (Lipinski definition) is 2. The van der Waals surface area contributed by atoms with E-state index in [9.17, 15) is 5.11 Å². The minimum Gasteiger partial charge on any atom is -0.396 e. The minimum atomic E-state index is 0.392. The molecular formula is C16H27NO. The van der Waals surface area contributed by atoms with Crippen molar-refractivity contribution < 1.29 is 5.11 Å². The largest absolute Gasteiger partial charge is 0.396 e. The summed E-state index contributed by atoms with van der Waals surface area (Å²) in [6, 6.07) is 0. The first-order valence-electron chi connectivity index (χ1n) is 7.86. The smallest absolute Gasteiger partial charge is 0.0462 e.